The number of carbonyl (C=O) groups is 1. The Labute approximate surface area is 80.1 Å². The summed E-state index contributed by atoms with van der Waals surface area (Å²) in [4.78, 5) is 10.9. The maximum atomic E-state index is 10.9. The molecule has 13 heavy (non-hydrogen) atoms. The molecule has 1 N–H and O–H groups in total. The van der Waals surface area contributed by atoms with Crippen LogP contribution in [0.5, 0.6) is 0 Å². The summed E-state index contributed by atoms with van der Waals surface area (Å²) in [6.07, 6.45) is 3.90. The van der Waals surface area contributed by atoms with Gasteiger partial charge in [-0.05, 0) is 13.3 Å². The Morgan fingerprint density at radius 2 is 2.00 bits per heavy atom. The zero-order chi connectivity index (χ0) is 10.1. The van der Waals surface area contributed by atoms with Gasteiger partial charge in [-0.1, -0.05) is 32.6 Å². The lowest BCUT2D eigenvalue weighted by Gasteiger charge is -2.08. The quantitative estimate of drug-likeness (QED) is 0.490. The van der Waals surface area contributed by atoms with Gasteiger partial charge in [0.25, 0.3) is 0 Å². The van der Waals surface area contributed by atoms with Crippen LogP contribution in [0.25, 0.3) is 0 Å². The summed E-state index contributed by atoms with van der Waals surface area (Å²) >= 11 is 0. The maximum Gasteiger partial charge on any atom is 0.334 e. The van der Waals surface area contributed by atoms with Crippen LogP contribution < -0.4 is 0 Å². The zero-order valence-corrected chi connectivity index (χ0v) is 8.58. The van der Waals surface area contributed by atoms with Gasteiger partial charge in [-0.2, -0.15) is 0 Å². The predicted molar refractivity (Wildman–Crippen MR) is 51.4 cm³/mol. The van der Waals surface area contributed by atoms with Gasteiger partial charge < -0.3 is 9.84 Å². The summed E-state index contributed by atoms with van der Waals surface area (Å²) in [7, 11) is 0. The number of esters is 1. The van der Waals surface area contributed by atoms with Crippen molar-refractivity contribution in [1.82, 2.24) is 0 Å². The largest absolute Gasteiger partial charge is 0.464 e. The molecule has 0 heterocycles. The number of unbranched alkanes of at least 4 members (excludes halogenated alkanes) is 3. The summed E-state index contributed by atoms with van der Waals surface area (Å²) < 4.78 is 4.67. The third-order valence-corrected chi connectivity index (χ3v) is 1.89. The molecule has 0 unspecified atom stereocenters. The zero-order valence-electron chi connectivity index (χ0n) is 8.58. The highest BCUT2D eigenvalue weighted by molar-refractivity contribution is 5.74. The van der Waals surface area contributed by atoms with Crippen LogP contribution in [0, 0.1) is 0 Å². The molecule has 0 radical (unpaired) electrons. The minimum absolute atomic E-state index is 0.338. The van der Waals surface area contributed by atoms with E-state index in [0.717, 1.165) is 25.7 Å². The van der Waals surface area contributed by atoms with Crippen LogP contribution in [0.3, 0.4) is 0 Å². The third kappa shape index (κ3) is 6.58. The van der Waals surface area contributed by atoms with E-state index in [2.05, 4.69) is 11.7 Å². The molecule has 0 saturated heterocycles. The molecule has 0 spiro atoms. The molecule has 0 rings (SSSR count). The van der Waals surface area contributed by atoms with Crippen molar-refractivity contribution in [1.29, 1.82) is 0 Å². The van der Waals surface area contributed by atoms with E-state index < -0.39 is 12.1 Å². The van der Waals surface area contributed by atoms with Crippen molar-refractivity contribution < 1.29 is 14.6 Å². The molecule has 0 amide bonds. The average Bonchev–Trinajstić information content (AvgIpc) is 2.12. The third-order valence-electron chi connectivity index (χ3n) is 1.89. The summed E-state index contributed by atoms with van der Waals surface area (Å²) in [6.45, 7) is 4.20. The van der Waals surface area contributed by atoms with Crippen molar-refractivity contribution >= 4 is 5.97 Å². The molecular weight excluding hydrogens is 168 g/mol. The molecule has 0 bridgehead atoms. The van der Waals surface area contributed by atoms with E-state index in [1.807, 2.05) is 0 Å². The molecule has 0 saturated carbocycles. The molecule has 3 heteroatoms. The van der Waals surface area contributed by atoms with Crippen molar-refractivity contribution in [3.8, 4) is 0 Å². The fourth-order valence-corrected chi connectivity index (χ4v) is 1.12. The second kappa shape index (κ2) is 8.05. The highest BCUT2D eigenvalue weighted by atomic mass is 16.5. The summed E-state index contributed by atoms with van der Waals surface area (Å²) in [5.74, 6) is -0.487. The number of hydrogen-bond donors (Lipinski definition) is 1. The Morgan fingerprint density at radius 1 is 1.31 bits per heavy atom. The van der Waals surface area contributed by atoms with E-state index in [1.165, 1.54) is 0 Å². The molecule has 0 aliphatic heterocycles. The lowest BCUT2D eigenvalue weighted by molar-refractivity contribution is -0.153. The van der Waals surface area contributed by atoms with Gasteiger partial charge in [-0.15, -0.1) is 0 Å². The maximum absolute atomic E-state index is 10.9. The number of ether oxygens (including phenoxy) is 1. The normalized spacial score (nSPS) is 12.5. The molecule has 0 aromatic heterocycles. The first kappa shape index (κ1) is 12.4. The van der Waals surface area contributed by atoms with E-state index in [4.69, 9.17) is 0 Å². The van der Waals surface area contributed by atoms with E-state index in [1.54, 1.807) is 6.92 Å². The number of hydrogen-bond acceptors (Lipinski definition) is 3. The Balaban J connectivity index is 3.38. The van der Waals surface area contributed by atoms with Crippen molar-refractivity contribution in [3.05, 3.63) is 0 Å². The highest BCUT2D eigenvalue weighted by Crippen LogP contribution is 2.06. The van der Waals surface area contributed by atoms with Gasteiger partial charge in [0, 0.05) is 0 Å². The van der Waals surface area contributed by atoms with Gasteiger partial charge >= 0.3 is 5.97 Å². The Bertz CT molecular complexity index is 134. The van der Waals surface area contributed by atoms with Crippen molar-refractivity contribution in [2.24, 2.45) is 0 Å². The van der Waals surface area contributed by atoms with Crippen LogP contribution in [0.2, 0.25) is 0 Å². The van der Waals surface area contributed by atoms with Gasteiger partial charge in [0.2, 0.25) is 0 Å². The Morgan fingerprint density at radius 3 is 2.54 bits per heavy atom. The molecule has 0 aromatic rings. The first-order valence-corrected chi connectivity index (χ1v) is 5.07. The molecular formula is C10H20O3. The molecule has 0 aliphatic rings. The first-order valence-electron chi connectivity index (χ1n) is 5.07. The van der Waals surface area contributed by atoms with E-state index in [9.17, 15) is 9.90 Å². The fourth-order valence-electron chi connectivity index (χ4n) is 1.12. The second-order valence-corrected chi connectivity index (χ2v) is 3.12. The van der Waals surface area contributed by atoms with Gasteiger partial charge in [0.05, 0.1) is 6.61 Å². The van der Waals surface area contributed by atoms with Gasteiger partial charge in [-0.3, -0.25) is 0 Å². The SMILES string of the molecule is CCCCCC[C@H](O)C(=O)OCC. The number of aliphatic hydroxyl groups excluding tert-OH is 1. The minimum atomic E-state index is -0.920. The Hall–Kier alpha value is -0.570. The minimum Gasteiger partial charge on any atom is -0.464 e. The number of rotatable bonds is 7. The predicted octanol–water partition coefficient (Wildman–Crippen LogP) is 1.88. The molecule has 78 valence electrons. The van der Waals surface area contributed by atoms with Crippen LogP contribution >= 0.6 is 0 Å². The summed E-state index contributed by atoms with van der Waals surface area (Å²) in [6, 6.07) is 0. The monoisotopic (exact) mass is 188 g/mol. The summed E-state index contributed by atoms with van der Waals surface area (Å²) in [5.41, 5.74) is 0. The number of aliphatic hydroxyl groups is 1. The van der Waals surface area contributed by atoms with Crippen molar-refractivity contribution in [3.63, 3.8) is 0 Å². The van der Waals surface area contributed by atoms with E-state index in [-0.39, 0.29) is 0 Å². The van der Waals surface area contributed by atoms with E-state index in [0.29, 0.717) is 13.0 Å². The van der Waals surface area contributed by atoms with Gasteiger partial charge in [0.15, 0.2) is 6.10 Å². The van der Waals surface area contributed by atoms with Gasteiger partial charge in [0.1, 0.15) is 0 Å². The average molecular weight is 188 g/mol. The van der Waals surface area contributed by atoms with Crippen LogP contribution in [-0.2, 0) is 9.53 Å². The lowest BCUT2D eigenvalue weighted by atomic mass is 10.1. The van der Waals surface area contributed by atoms with E-state index >= 15 is 0 Å². The molecule has 0 aromatic carbocycles. The standard InChI is InChI=1S/C10H20O3/c1-3-5-6-7-8-9(11)10(12)13-4-2/h9,11H,3-8H2,1-2H3/t9-/m0/s1. The van der Waals surface area contributed by atoms with Crippen LogP contribution in [0.4, 0.5) is 0 Å². The Kier molecular flexibility index (Phi) is 7.69. The molecule has 0 aliphatic carbocycles. The van der Waals surface area contributed by atoms with Crippen LogP contribution in [0.15, 0.2) is 0 Å². The second-order valence-electron chi connectivity index (χ2n) is 3.12. The van der Waals surface area contributed by atoms with Crippen molar-refractivity contribution in [2.75, 3.05) is 6.61 Å². The van der Waals surface area contributed by atoms with Crippen molar-refractivity contribution in [2.45, 2.75) is 52.1 Å². The highest BCUT2D eigenvalue weighted by Gasteiger charge is 2.14. The number of carbonyl (C=O) groups excluding carboxylic acids is 1. The molecule has 3 nitrogen and oxygen atoms in total. The summed E-state index contributed by atoms with van der Waals surface area (Å²) in [5, 5.41) is 9.27. The smallest absolute Gasteiger partial charge is 0.334 e. The van der Waals surface area contributed by atoms with Gasteiger partial charge in [-0.25, -0.2) is 4.79 Å². The van der Waals surface area contributed by atoms with Crippen LogP contribution in [0.1, 0.15) is 46.0 Å². The molecule has 0 fully saturated rings. The lowest BCUT2D eigenvalue weighted by Crippen LogP contribution is -2.22. The molecule has 1 atom stereocenters. The van der Waals surface area contributed by atoms with Crippen LogP contribution in [-0.4, -0.2) is 23.8 Å². The first-order chi connectivity index (χ1) is 6.22. The topological polar surface area (TPSA) is 46.5 Å². The fraction of sp³-hybridized carbons (Fsp3) is 0.900.